The van der Waals surface area contributed by atoms with Crippen LogP contribution in [0.1, 0.15) is 11.6 Å². The lowest BCUT2D eigenvalue weighted by Crippen LogP contribution is -2.50. The van der Waals surface area contributed by atoms with Crippen LogP contribution in [-0.4, -0.2) is 66.1 Å². The molecule has 23 heavy (non-hydrogen) atoms. The number of fused-ring (bicyclic) bond motifs is 1. The number of carboxylic acids is 1. The zero-order valence-electron chi connectivity index (χ0n) is 12.8. The van der Waals surface area contributed by atoms with Crippen molar-refractivity contribution in [2.45, 2.75) is 6.04 Å². The number of para-hydroxylation sites is 1. The van der Waals surface area contributed by atoms with E-state index in [9.17, 15) is 18.3 Å². The second-order valence-electron chi connectivity index (χ2n) is 5.73. The van der Waals surface area contributed by atoms with Crippen molar-refractivity contribution in [3.05, 3.63) is 36.0 Å². The monoisotopic (exact) mass is 337 g/mol. The number of hydrogen-bond acceptors (Lipinski definition) is 4. The Morgan fingerprint density at radius 1 is 1.22 bits per heavy atom. The van der Waals surface area contributed by atoms with Gasteiger partial charge in [0.15, 0.2) is 0 Å². The lowest BCUT2D eigenvalue weighted by atomic mass is 10.0. The van der Waals surface area contributed by atoms with Gasteiger partial charge in [-0.3, -0.25) is 9.69 Å². The molecule has 7 nitrogen and oxygen atoms in total. The normalized spacial score (nSPS) is 19.0. The van der Waals surface area contributed by atoms with E-state index in [1.54, 1.807) is 6.20 Å². The summed E-state index contributed by atoms with van der Waals surface area (Å²) < 4.78 is 24.6. The van der Waals surface area contributed by atoms with Gasteiger partial charge in [0.05, 0.1) is 6.26 Å². The van der Waals surface area contributed by atoms with Crippen LogP contribution in [0.25, 0.3) is 10.9 Å². The zero-order chi connectivity index (χ0) is 16.6. The Morgan fingerprint density at radius 2 is 1.87 bits per heavy atom. The molecule has 1 aromatic heterocycles. The van der Waals surface area contributed by atoms with E-state index in [1.165, 1.54) is 10.6 Å². The van der Waals surface area contributed by atoms with Gasteiger partial charge in [-0.05, 0) is 6.07 Å². The molecule has 124 valence electrons. The van der Waals surface area contributed by atoms with E-state index < -0.39 is 22.0 Å². The number of nitrogens with one attached hydrogen (secondary N) is 1. The third kappa shape index (κ3) is 3.10. The number of H-pyrrole nitrogens is 1. The van der Waals surface area contributed by atoms with Crippen molar-refractivity contribution < 1.29 is 18.3 Å². The summed E-state index contributed by atoms with van der Waals surface area (Å²) in [4.78, 5) is 16.8. The van der Waals surface area contributed by atoms with E-state index in [0.717, 1.165) is 10.9 Å². The minimum atomic E-state index is -3.23. The van der Waals surface area contributed by atoms with Crippen molar-refractivity contribution in [2.75, 3.05) is 32.4 Å². The van der Waals surface area contributed by atoms with Crippen molar-refractivity contribution in [1.29, 1.82) is 0 Å². The van der Waals surface area contributed by atoms with Gasteiger partial charge in [-0.15, -0.1) is 0 Å². The summed E-state index contributed by atoms with van der Waals surface area (Å²) in [5.74, 6) is -0.928. The van der Waals surface area contributed by atoms with Gasteiger partial charge < -0.3 is 10.1 Å². The van der Waals surface area contributed by atoms with E-state index in [-0.39, 0.29) is 0 Å². The van der Waals surface area contributed by atoms with Crippen molar-refractivity contribution in [3.63, 3.8) is 0 Å². The smallest absolute Gasteiger partial charge is 0.325 e. The van der Waals surface area contributed by atoms with E-state index >= 15 is 0 Å². The number of sulfonamides is 1. The Labute approximate surface area is 134 Å². The number of benzene rings is 1. The minimum absolute atomic E-state index is 0.310. The van der Waals surface area contributed by atoms with E-state index in [0.29, 0.717) is 31.7 Å². The highest BCUT2D eigenvalue weighted by Crippen LogP contribution is 2.29. The van der Waals surface area contributed by atoms with Crippen LogP contribution in [0.3, 0.4) is 0 Å². The number of rotatable bonds is 4. The maximum atomic E-state index is 11.8. The highest BCUT2D eigenvalue weighted by molar-refractivity contribution is 7.88. The summed E-state index contributed by atoms with van der Waals surface area (Å²) in [5, 5.41) is 10.6. The number of aromatic amines is 1. The standard InChI is InChI=1S/C15H19N3O4S/c1-23(21,22)18-8-6-17(7-9-18)14(15(19)20)12-10-16-13-5-3-2-4-11(12)13/h2-5,10,14,16H,6-9H2,1H3,(H,19,20)/t14-/m0/s1. The number of carbonyl (C=O) groups is 1. The Hall–Kier alpha value is -1.90. The number of nitrogens with zero attached hydrogens (tertiary/aromatic N) is 2. The van der Waals surface area contributed by atoms with Crippen LogP contribution < -0.4 is 0 Å². The molecule has 1 aliphatic rings. The topological polar surface area (TPSA) is 93.7 Å². The molecule has 0 amide bonds. The van der Waals surface area contributed by atoms with Gasteiger partial charge in [0.2, 0.25) is 10.0 Å². The van der Waals surface area contributed by atoms with Gasteiger partial charge in [-0.1, -0.05) is 18.2 Å². The molecule has 0 spiro atoms. The maximum absolute atomic E-state index is 11.8. The summed E-state index contributed by atoms with van der Waals surface area (Å²) in [5.41, 5.74) is 1.60. The van der Waals surface area contributed by atoms with Crippen molar-refractivity contribution in [2.24, 2.45) is 0 Å². The first-order chi connectivity index (χ1) is 10.9. The molecule has 0 unspecified atom stereocenters. The molecule has 1 atom stereocenters. The molecule has 0 bridgehead atoms. The molecule has 1 aliphatic heterocycles. The van der Waals surface area contributed by atoms with E-state index in [4.69, 9.17) is 0 Å². The average molecular weight is 337 g/mol. The molecule has 0 radical (unpaired) electrons. The number of piperazine rings is 1. The third-order valence-corrected chi connectivity index (χ3v) is 5.56. The van der Waals surface area contributed by atoms with Gasteiger partial charge in [-0.2, -0.15) is 4.31 Å². The second-order valence-corrected chi connectivity index (χ2v) is 7.71. The number of aliphatic carboxylic acids is 1. The molecule has 0 aliphatic carbocycles. The van der Waals surface area contributed by atoms with Crippen LogP contribution in [0.5, 0.6) is 0 Å². The summed E-state index contributed by atoms with van der Waals surface area (Å²) in [6.07, 6.45) is 2.91. The molecule has 1 aromatic carbocycles. The zero-order valence-corrected chi connectivity index (χ0v) is 13.6. The Morgan fingerprint density at radius 3 is 2.48 bits per heavy atom. The van der Waals surface area contributed by atoms with Gasteiger partial charge in [0.25, 0.3) is 0 Å². The number of carboxylic acid groups (broad SMARTS) is 1. The van der Waals surface area contributed by atoms with Crippen molar-refractivity contribution in [3.8, 4) is 0 Å². The molecular weight excluding hydrogens is 318 g/mol. The van der Waals surface area contributed by atoms with Crippen molar-refractivity contribution >= 4 is 26.9 Å². The fraction of sp³-hybridized carbons (Fsp3) is 0.400. The van der Waals surface area contributed by atoms with Gasteiger partial charge in [-0.25, -0.2) is 8.42 Å². The average Bonchev–Trinajstić information content (AvgIpc) is 2.91. The molecule has 2 N–H and O–H groups in total. The Balaban J connectivity index is 1.88. The maximum Gasteiger partial charge on any atom is 0.325 e. The highest BCUT2D eigenvalue weighted by Gasteiger charge is 2.33. The molecule has 2 aromatic rings. The Kier molecular flexibility index (Phi) is 4.13. The fourth-order valence-electron chi connectivity index (χ4n) is 3.10. The lowest BCUT2D eigenvalue weighted by Gasteiger charge is -2.36. The van der Waals surface area contributed by atoms with E-state index in [2.05, 4.69) is 4.98 Å². The molecule has 2 heterocycles. The molecule has 1 fully saturated rings. The first-order valence-electron chi connectivity index (χ1n) is 7.36. The van der Waals surface area contributed by atoms with Crippen LogP contribution in [0.15, 0.2) is 30.5 Å². The molecule has 1 saturated heterocycles. The lowest BCUT2D eigenvalue weighted by molar-refractivity contribution is -0.144. The SMILES string of the molecule is CS(=O)(=O)N1CCN([C@H](C(=O)O)c2c[nH]c3ccccc23)CC1. The predicted molar refractivity (Wildman–Crippen MR) is 86.7 cm³/mol. The summed E-state index contributed by atoms with van der Waals surface area (Å²) in [6, 6.07) is 6.78. The minimum Gasteiger partial charge on any atom is -0.480 e. The van der Waals surface area contributed by atoms with Gasteiger partial charge >= 0.3 is 5.97 Å². The largest absolute Gasteiger partial charge is 0.480 e. The van der Waals surface area contributed by atoms with Crippen LogP contribution in [-0.2, 0) is 14.8 Å². The van der Waals surface area contributed by atoms with Crippen LogP contribution in [0.4, 0.5) is 0 Å². The van der Waals surface area contributed by atoms with Crippen molar-refractivity contribution in [1.82, 2.24) is 14.2 Å². The number of hydrogen-bond donors (Lipinski definition) is 2. The molecule has 8 heteroatoms. The first kappa shape index (κ1) is 16.0. The molecule has 0 saturated carbocycles. The fourth-order valence-corrected chi connectivity index (χ4v) is 3.93. The highest BCUT2D eigenvalue weighted by atomic mass is 32.2. The predicted octanol–water partition coefficient (Wildman–Crippen LogP) is 0.871. The van der Waals surface area contributed by atoms with Gasteiger partial charge in [0.1, 0.15) is 6.04 Å². The molecular formula is C15H19N3O4S. The second kappa shape index (κ2) is 5.95. The van der Waals surface area contributed by atoms with Crippen LogP contribution >= 0.6 is 0 Å². The third-order valence-electron chi connectivity index (χ3n) is 4.26. The van der Waals surface area contributed by atoms with E-state index in [1.807, 2.05) is 29.2 Å². The summed E-state index contributed by atoms with van der Waals surface area (Å²) >= 11 is 0. The number of aromatic nitrogens is 1. The first-order valence-corrected chi connectivity index (χ1v) is 9.21. The quantitative estimate of drug-likeness (QED) is 0.863. The van der Waals surface area contributed by atoms with Crippen LogP contribution in [0.2, 0.25) is 0 Å². The van der Waals surface area contributed by atoms with Crippen LogP contribution in [0, 0.1) is 0 Å². The Bertz CT molecular complexity index is 822. The summed E-state index contributed by atoms with van der Waals surface area (Å²) in [7, 11) is -3.23. The summed E-state index contributed by atoms with van der Waals surface area (Å²) in [6.45, 7) is 1.41. The molecule has 3 rings (SSSR count). The van der Waals surface area contributed by atoms with Gasteiger partial charge in [0, 0.05) is 48.8 Å².